The summed E-state index contributed by atoms with van der Waals surface area (Å²) in [4.78, 5) is 21.9. The average molecular weight is 262 g/mol. The molecule has 5 heteroatoms. The molecule has 0 aliphatic carbocycles. The molecule has 0 aromatic heterocycles. The predicted molar refractivity (Wildman–Crippen MR) is 72.7 cm³/mol. The number of hydrazine groups is 1. The zero-order valence-corrected chi connectivity index (χ0v) is 10.8. The summed E-state index contributed by atoms with van der Waals surface area (Å²) in [6.07, 6.45) is 0.662. The lowest BCUT2D eigenvalue weighted by Gasteiger charge is -1.98. The monoisotopic (exact) mass is 262 g/mol. The van der Waals surface area contributed by atoms with Crippen LogP contribution in [-0.2, 0) is 4.79 Å². The minimum absolute atomic E-state index is 0.106. The number of amides is 1. The van der Waals surface area contributed by atoms with Crippen LogP contribution in [0.1, 0.15) is 29.3 Å². The molecule has 0 saturated carbocycles. The van der Waals surface area contributed by atoms with Crippen LogP contribution < -0.4 is 11.3 Å². The van der Waals surface area contributed by atoms with Gasteiger partial charge in [-0.1, -0.05) is 23.6 Å². The van der Waals surface area contributed by atoms with Crippen molar-refractivity contribution in [2.24, 2.45) is 5.84 Å². The molecule has 0 atom stereocenters. The van der Waals surface area contributed by atoms with Gasteiger partial charge in [0, 0.05) is 30.2 Å². The van der Waals surface area contributed by atoms with Crippen LogP contribution in [0.15, 0.2) is 24.3 Å². The third-order valence-electron chi connectivity index (χ3n) is 2.04. The maximum Gasteiger partial charge on any atom is 0.265 e. The Morgan fingerprint density at radius 2 is 2.00 bits per heavy atom. The minimum Gasteiger partial charge on any atom is -0.290 e. The van der Waals surface area contributed by atoms with Gasteiger partial charge in [-0.2, -0.15) is 0 Å². The molecule has 1 aromatic carbocycles. The van der Waals surface area contributed by atoms with E-state index in [1.807, 2.05) is 0 Å². The summed E-state index contributed by atoms with van der Waals surface area (Å²) >= 11 is 1.27. The molecule has 94 valence electrons. The first-order valence-corrected chi connectivity index (χ1v) is 6.35. The van der Waals surface area contributed by atoms with E-state index in [2.05, 4.69) is 17.3 Å². The van der Waals surface area contributed by atoms with E-state index in [0.717, 1.165) is 5.56 Å². The van der Waals surface area contributed by atoms with Crippen molar-refractivity contribution in [2.75, 3.05) is 5.75 Å². The van der Waals surface area contributed by atoms with Gasteiger partial charge in [-0.25, -0.2) is 5.84 Å². The highest BCUT2D eigenvalue weighted by Gasteiger charge is 2.01. The van der Waals surface area contributed by atoms with Crippen LogP contribution in [0.3, 0.4) is 0 Å². The lowest BCUT2D eigenvalue weighted by molar-refractivity contribution is -0.109. The summed E-state index contributed by atoms with van der Waals surface area (Å²) in [6, 6.07) is 6.85. The topological polar surface area (TPSA) is 72.2 Å². The molecule has 0 heterocycles. The molecule has 0 spiro atoms. The van der Waals surface area contributed by atoms with Crippen LogP contribution in [0.25, 0.3) is 0 Å². The van der Waals surface area contributed by atoms with Crippen molar-refractivity contribution < 1.29 is 9.59 Å². The first-order chi connectivity index (χ1) is 8.63. The van der Waals surface area contributed by atoms with Crippen molar-refractivity contribution in [1.82, 2.24) is 5.43 Å². The highest BCUT2D eigenvalue weighted by molar-refractivity contribution is 8.13. The van der Waals surface area contributed by atoms with Gasteiger partial charge < -0.3 is 0 Å². The second kappa shape index (κ2) is 7.54. The molecule has 1 rings (SSSR count). The maximum absolute atomic E-state index is 11.2. The number of carbonyl (C=O) groups excluding carboxylic acids is 2. The lowest BCUT2D eigenvalue weighted by Crippen LogP contribution is -2.29. The molecule has 0 aliphatic heterocycles. The smallest absolute Gasteiger partial charge is 0.265 e. The zero-order valence-electron chi connectivity index (χ0n) is 10.0. The molecule has 1 aromatic rings. The fourth-order valence-electron chi connectivity index (χ4n) is 1.20. The van der Waals surface area contributed by atoms with Crippen molar-refractivity contribution in [2.45, 2.75) is 13.3 Å². The number of hydrogen-bond donors (Lipinski definition) is 2. The van der Waals surface area contributed by atoms with Crippen LogP contribution in [0.5, 0.6) is 0 Å². The van der Waals surface area contributed by atoms with Crippen LogP contribution >= 0.6 is 11.8 Å². The Labute approximate surface area is 110 Å². The highest BCUT2D eigenvalue weighted by Crippen LogP contribution is 2.04. The number of carbonyl (C=O) groups is 2. The predicted octanol–water partition coefficient (Wildman–Crippen LogP) is 1.31. The standard InChI is InChI=1S/C13H14N2O2S/c1-10(16)18-9-3-2-4-11-5-7-12(8-6-11)13(17)15-14/h5-8H,3,9,14H2,1H3,(H,15,17). The Morgan fingerprint density at radius 1 is 1.33 bits per heavy atom. The summed E-state index contributed by atoms with van der Waals surface area (Å²) in [5.74, 6) is 11.3. The van der Waals surface area contributed by atoms with Gasteiger partial charge in [-0.3, -0.25) is 15.0 Å². The highest BCUT2D eigenvalue weighted by atomic mass is 32.2. The lowest BCUT2D eigenvalue weighted by atomic mass is 10.1. The van der Waals surface area contributed by atoms with E-state index in [9.17, 15) is 9.59 Å². The summed E-state index contributed by atoms with van der Waals surface area (Å²) < 4.78 is 0. The summed E-state index contributed by atoms with van der Waals surface area (Å²) in [7, 11) is 0. The molecule has 0 aliphatic rings. The molecule has 0 fully saturated rings. The van der Waals surface area contributed by atoms with Crippen molar-refractivity contribution >= 4 is 22.8 Å². The van der Waals surface area contributed by atoms with E-state index < -0.39 is 0 Å². The van der Waals surface area contributed by atoms with E-state index in [4.69, 9.17) is 5.84 Å². The van der Waals surface area contributed by atoms with Crippen molar-refractivity contribution in [1.29, 1.82) is 0 Å². The first-order valence-electron chi connectivity index (χ1n) is 5.36. The van der Waals surface area contributed by atoms with Gasteiger partial charge in [0.1, 0.15) is 0 Å². The molecule has 0 radical (unpaired) electrons. The van der Waals surface area contributed by atoms with Crippen molar-refractivity contribution in [3.05, 3.63) is 35.4 Å². The Bertz CT molecular complexity index is 486. The third kappa shape index (κ3) is 5.04. The molecule has 3 N–H and O–H groups in total. The average Bonchev–Trinajstić information content (AvgIpc) is 2.38. The number of hydrogen-bond acceptors (Lipinski definition) is 4. The molecule has 0 bridgehead atoms. The molecule has 4 nitrogen and oxygen atoms in total. The van der Waals surface area contributed by atoms with Gasteiger partial charge in [-0.15, -0.1) is 0 Å². The number of nitrogen functional groups attached to an aromatic ring is 1. The summed E-state index contributed by atoms with van der Waals surface area (Å²) in [5, 5.41) is 0.106. The summed E-state index contributed by atoms with van der Waals surface area (Å²) in [6.45, 7) is 1.54. The molecule has 0 unspecified atom stereocenters. The molecule has 18 heavy (non-hydrogen) atoms. The third-order valence-corrected chi connectivity index (χ3v) is 2.86. The van der Waals surface area contributed by atoms with Crippen molar-refractivity contribution in [3.8, 4) is 11.8 Å². The van der Waals surface area contributed by atoms with Crippen LogP contribution in [0.4, 0.5) is 0 Å². The number of benzene rings is 1. The second-order valence-corrected chi connectivity index (χ2v) is 4.71. The first kappa shape index (κ1) is 14.3. The summed E-state index contributed by atoms with van der Waals surface area (Å²) in [5.41, 5.74) is 3.39. The molecule has 1 amide bonds. The van der Waals surface area contributed by atoms with Crippen LogP contribution in [0.2, 0.25) is 0 Å². The fourth-order valence-corrected chi connectivity index (χ4v) is 1.69. The largest absolute Gasteiger partial charge is 0.290 e. The minimum atomic E-state index is -0.327. The van der Waals surface area contributed by atoms with Gasteiger partial charge >= 0.3 is 0 Å². The number of nitrogens with two attached hydrogens (primary N) is 1. The number of nitrogens with one attached hydrogen (secondary N) is 1. The van der Waals surface area contributed by atoms with E-state index in [1.54, 1.807) is 31.2 Å². The van der Waals surface area contributed by atoms with E-state index in [1.165, 1.54) is 11.8 Å². The normalized spacial score (nSPS) is 9.22. The quantitative estimate of drug-likeness (QED) is 0.283. The Kier molecular flexibility index (Phi) is 5.98. The van der Waals surface area contributed by atoms with Gasteiger partial charge in [0.25, 0.3) is 5.91 Å². The van der Waals surface area contributed by atoms with Gasteiger partial charge in [0.15, 0.2) is 5.12 Å². The Balaban J connectivity index is 2.51. The van der Waals surface area contributed by atoms with Crippen LogP contribution in [0, 0.1) is 11.8 Å². The number of rotatable bonds is 3. The van der Waals surface area contributed by atoms with Crippen LogP contribution in [-0.4, -0.2) is 16.8 Å². The van der Waals surface area contributed by atoms with Gasteiger partial charge in [-0.05, 0) is 24.3 Å². The van der Waals surface area contributed by atoms with Gasteiger partial charge in [0.2, 0.25) is 0 Å². The van der Waals surface area contributed by atoms with Gasteiger partial charge in [0.05, 0.1) is 0 Å². The maximum atomic E-state index is 11.2. The molecular weight excluding hydrogens is 248 g/mol. The SMILES string of the molecule is CC(=O)SCCC#Cc1ccc(C(=O)NN)cc1. The Hall–Kier alpha value is -1.77. The van der Waals surface area contributed by atoms with E-state index in [0.29, 0.717) is 17.7 Å². The van der Waals surface area contributed by atoms with E-state index in [-0.39, 0.29) is 11.0 Å². The zero-order chi connectivity index (χ0) is 13.4. The van der Waals surface area contributed by atoms with Crippen molar-refractivity contribution in [3.63, 3.8) is 0 Å². The molecule has 0 saturated heterocycles. The number of thioether (sulfide) groups is 1. The van der Waals surface area contributed by atoms with E-state index >= 15 is 0 Å². The molecular formula is C13H14N2O2S. The Morgan fingerprint density at radius 3 is 2.56 bits per heavy atom. The fraction of sp³-hybridized carbons (Fsp3) is 0.231. The second-order valence-electron chi connectivity index (χ2n) is 3.44.